The lowest BCUT2D eigenvalue weighted by Crippen LogP contribution is -2.28. The highest BCUT2D eigenvalue weighted by molar-refractivity contribution is 5.90. The van der Waals surface area contributed by atoms with Crippen LogP contribution in [0.15, 0.2) is 36.4 Å². The molecule has 118 valence electrons. The zero-order chi connectivity index (χ0) is 15.9. The fourth-order valence-electron chi connectivity index (χ4n) is 2.19. The summed E-state index contributed by atoms with van der Waals surface area (Å²) in [7, 11) is 1.55. The number of rotatable bonds is 7. The van der Waals surface area contributed by atoms with Crippen LogP contribution in [-0.2, 0) is 16.1 Å². The Morgan fingerprint density at radius 2 is 2.14 bits per heavy atom. The maximum atomic E-state index is 12.1. The number of nitrogens with zero attached hydrogens (tertiary/aromatic N) is 2. The number of amides is 1. The second-order valence-electron chi connectivity index (χ2n) is 5.16. The van der Waals surface area contributed by atoms with Crippen LogP contribution in [0.5, 0.6) is 0 Å². The van der Waals surface area contributed by atoms with Gasteiger partial charge in [0.05, 0.1) is 24.8 Å². The lowest BCUT2D eigenvalue weighted by Gasteiger charge is -2.13. The molecule has 3 N–H and O–H groups in total. The van der Waals surface area contributed by atoms with Crippen LogP contribution in [0, 0.1) is 6.92 Å². The largest absolute Gasteiger partial charge is 0.380 e. The maximum Gasteiger partial charge on any atom is 0.228 e. The Morgan fingerprint density at radius 3 is 2.77 bits per heavy atom. The first kappa shape index (κ1) is 16.2. The number of aryl methyl sites for hydroxylation is 1. The summed E-state index contributed by atoms with van der Waals surface area (Å²) in [5.41, 5.74) is 7.52. The first-order valence-corrected chi connectivity index (χ1v) is 7.23. The molecule has 0 saturated heterocycles. The average molecular weight is 302 g/mol. The van der Waals surface area contributed by atoms with E-state index in [4.69, 9.17) is 10.5 Å². The van der Waals surface area contributed by atoms with Gasteiger partial charge in [-0.15, -0.1) is 0 Å². The van der Waals surface area contributed by atoms with Crippen molar-refractivity contribution < 1.29 is 9.53 Å². The van der Waals surface area contributed by atoms with E-state index in [0.29, 0.717) is 18.9 Å². The van der Waals surface area contributed by atoms with Crippen molar-refractivity contribution in [2.75, 3.05) is 19.0 Å². The molecule has 22 heavy (non-hydrogen) atoms. The van der Waals surface area contributed by atoms with Gasteiger partial charge in [0.15, 0.2) is 0 Å². The third-order valence-corrected chi connectivity index (χ3v) is 3.35. The van der Waals surface area contributed by atoms with Crippen LogP contribution in [0.1, 0.15) is 17.7 Å². The predicted molar refractivity (Wildman–Crippen MR) is 85.6 cm³/mol. The SMILES string of the molecule is COC(CN)CC(=O)Nc1cc(C)nn1Cc1ccccc1. The molecule has 0 aliphatic rings. The summed E-state index contributed by atoms with van der Waals surface area (Å²) in [6.45, 7) is 2.82. The topological polar surface area (TPSA) is 82.2 Å². The Hall–Kier alpha value is -2.18. The molecule has 2 rings (SSSR count). The maximum absolute atomic E-state index is 12.1. The van der Waals surface area contributed by atoms with Crippen LogP contribution in [-0.4, -0.2) is 35.4 Å². The number of ether oxygens (including phenoxy) is 1. The Labute approximate surface area is 130 Å². The molecule has 0 spiro atoms. The van der Waals surface area contributed by atoms with Crippen LogP contribution in [0.2, 0.25) is 0 Å². The summed E-state index contributed by atoms with van der Waals surface area (Å²) >= 11 is 0. The third kappa shape index (κ3) is 4.41. The number of methoxy groups -OCH3 is 1. The molecule has 0 bridgehead atoms. The van der Waals surface area contributed by atoms with Gasteiger partial charge in [-0.1, -0.05) is 30.3 Å². The zero-order valence-corrected chi connectivity index (χ0v) is 13.0. The summed E-state index contributed by atoms with van der Waals surface area (Å²) in [5, 5.41) is 7.30. The van der Waals surface area contributed by atoms with Gasteiger partial charge >= 0.3 is 0 Å². The van der Waals surface area contributed by atoms with Crippen molar-refractivity contribution in [3.63, 3.8) is 0 Å². The summed E-state index contributed by atoms with van der Waals surface area (Å²) in [6, 6.07) is 11.8. The quantitative estimate of drug-likeness (QED) is 0.813. The second-order valence-corrected chi connectivity index (χ2v) is 5.16. The fraction of sp³-hybridized carbons (Fsp3) is 0.375. The van der Waals surface area contributed by atoms with E-state index in [-0.39, 0.29) is 18.4 Å². The Kier molecular flexibility index (Phi) is 5.68. The number of carbonyl (C=O) groups excluding carboxylic acids is 1. The molecule has 1 atom stereocenters. The van der Waals surface area contributed by atoms with Crippen molar-refractivity contribution >= 4 is 11.7 Å². The molecule has 6 heteroatoms. The molecule has 1 aromatic carbocycles. The van der Waals surface area contributed by atoms with E-state index < -0.39 is 0 Å². The van der Waals surface area contributed by atoms with Gasteiger partial charge in [-0.25, -0.2) is 4.68 Å². The van der Waals surface area contributed by atoms with E-state index in [2.05, 4.69) is 10.4 Å². The van der Waals surface area contributed by atoms with Crippen LogP contribution >= 0.6 is 0 Å². The van der Waals surface area contributed by atoms with E-state index in [9.17, 15) is 4.79 Å². The van der Waals surface area contributed by atoms with Crippen LogP contribution in [0.4, 0.5) is 5.82 Å². The molecule has 1 unspecified atom stereocenters. The van der Waals surface area contributed by atoms with Gasteiger partial charge in [-0.05, 0) is 12.5 Å². The van der Waals surface area contributed by atoms with Crippen molar-refractivity contribution in [3.05, 3.63) is 47.7 Å². The fourth-order valence-corrected chi connectivity index (χ4v) is 2.19. The minimum atomic E-state index is -0.272. The molecule has 2 aromatic rings. The third-order valence-electron chi connectivity index (χ3n) is 3.35. The number of nitrogens with one attached hydrogen (secondary N) is 1. The number of hydrogen-bond donors (Lipinski definition) is 2. The Morgan fingerprint density at radius 1 is 1.41 bits per heavy atom. The average Bonchev–Trinajstić information content (AvgIpc) is 2.85. The molecule has 6 nitrogen and oxygen atoms in total. The molecule has 1 amide bonds. The predicted octanol–water partition coefficient (Wildman–Crippen LogP) is 1.54. The van der Waals surface area contributed by atoms with Gasteiger partial charge in [0.25, 0.3) is 0 Å². The number of carbonyl (C=O) groups is 1. The van der Waals surface area contributed by atoms with Crippen molar-refractivity contribution in [2.45, 2.75) is 26.0 Å². The van der Waals surface area contributed by atoms with E-state index in [0.717, 1.165) is 11.3 Å². The van der Waals surface area contributed by atoms with Gasteiger partial charge in [0, 0.05) is 19.7 Å². The minimum absolute atomic E-state index is 0.133. The number of aromatic nitrogens is 2. The molecule has 0 fully saturated rings. The number of benzene rings is 1. The standard InChI is InChI=1S/C16H22N4O2/c1-12-8-15(18-16(21)9-14(10-17)22-2)20(19-12)11-13-6-4-3-5-7-13/h3-8,14H,9-11,17H2,1-2H3,(H,18,21). The molecule has 0 saturated carbocycles. The second kappa shape index (κ2) is 7.72. The lowest BCUT2D eigenvalue weighted by atomic mass is 10.2. The molecule has 0 aliphatic carbocycles. The molecular weight excluding hydrogens is 280 g/mol. The van der Waals surface area contributed by atoms with Crippen molar-refractivity contribution in [1.29, 1.82) is 0 Å². The molecule has 1 aromatic heterocycles. The first-order chi connectivity index (χ1) is 10.6. The van der Waals surface area contributed by atoms with Crippen LogP contribution in [0.3, 0.4) is 0 Å². The van der Waals surface area contributed by atoms with Crippen molar-refractivity contribution in [3.8, 4) is 0 Å². The van der Waals surface area contributed by atoms with Crippen LogP contribution < -0.4 is 11.1 Å². The highest BCUT2D eigenvalue weighted by Crippen LogP contribution is 2.13. The van der Waals surface area contributed by atoms with Gasteiger partial charge in [-0.3, -0.25) is 4.79 Å². The lowest BCUT2D eigenvalue weighted by molar-refractivity contribution is -0.118. The van der Waals surface area contributed by atoms with E-state index in [1.165, 1.54) is 0 Å². The van der Waals surface area contributed by atoms with Crippen molar-refractivity contribution in [2.24, 2.45) is 5.73 Å². The summed E-state index contributed by atoms with van der Waals surface area (Å²) < 4.78 is 6.92. The highest BCUT2D eigenvalue weighted by Gasteiger charge is 2.14. The number of nitrogens with two attached hydrogens (primary N) is 1. The van der Waals surface area contributed by atoms with Crippen molar-refractivity contribution in [1.82, 2.24) is 9.78 Å². The summed E-state index contributed by atoms with van der Waals surface area (Å²) in [4.78, 5) is 12.1. The Balaban J connectivity index is 2.06. The number of anilines is 1. The van der Waals surface area contributed by atoms with E-state index in [1.54, 1.807) is 11.8 Å². The zero-order valence-electron chi connectivity index (χ0n) is 13.0. The summed E-state index contributed by atoms with van der Waals surface area (Å²) in [6.07, 6.45) is -0.0469. The Bertz CT molecular complexity index is 606. The molecule has 0 aliphatic heterocycles. The smallest absolute Gasteiger partial charge is 0.228 e. The number of hydrogen-bond acceptors (Lipinski definition) is 4. The van der Waals surface area contributed by atoms with Gasteiger partial charge in [0.2, 0.25) is 5.91 Å². The molecular formula is C16H22N4O2. The van der Waals surface area contributed by atoms with Gasteiger partial charge in [-0.2, -0.15) is 5.10 Å². The van der Waals surface area contributed by atoms with E-state index in [1.807, 2.05) is 43.3 Å². The minimum Gasteiger partial charge on any atom is -0.380 e. The summed E-state index contributed by atoms with van der Waals surface area (Å²) in [5.74, 6) is 0.546. The monoisotopic (exact) mass is 302 g/mol. The normalized spacial score (nSPS) is 12.1. The molecule has 1 heterocycles. The van der Waals surface area contributed by atoms with Crippen LogP contribution in [0.25, 0.3) is 0 Å². The van der Waals surface area contributed by atoms with Gasteiger partial charge < -0.3 is 15.8 Å². The van der Waals surface area contributed by atoms with Gasteiger partial charge in [0.1, 0.15) is 5.82 Å². The van der Waals surface area contributed by atoms with E-state index >= 15 is 0 Å². The first-order valence-electron chi connectivity index (χ1n) is 7.23. The molecule has 0 radical (unpaired) electrons. The highest BCUT2D eigenvalue weighted by atomic mass is 16.5.